The van der Waals surface area contributed by atoms with Gasteiger partial charge in [0.15, 0.2) is 5.82 Å². The molecular weight excluding hydrogens is 397 g/mol. The van der Waals surface area contributed by atoms with Gasteiger partial charge in [-0.3, -0.25) is 9.89 Å². The minimum atomic E-state index is -0.308. The van der Waals surface area contributed by atoms with Crippen molar-refractivity contribution in [3.63, 3.8) is 0 Å². The molecule has 1 aromatic heterocycles. The Morgan fingerprint density at radius 1 is 1.55 bits per heavy atom. The number of morpholine rings is 1. The van der Waals surface area contributed by atoms with Crippen molar-refractivity contribution in [1.82, 2.24) is 20.1 Å². The van der Waals surface area contributed by atoms with Crippen molar-refractivity contribution in [2.75, 3.05) is 19.7 Å². The van der Waals surface area contributed by atoms with E-state index in [0.717, 1.165) is 0 Å². The quantitative estimate of drug-likeness (QED) is 0.759. The fourth-order valence-electron chi connectivity index (χ4n) is 2.32. The van der Waals surface area contributed by atoms with E-state index in [-0.39, 0.29) is 12.0 Å². The number of nitrogens with one attached hydrogen (secondary N) is 1. The molecular formula is C14H12IN5O2. The molecule has 2 heterocycles. The van der Waals surface area contributed by atoms with Crippen molar-refractivity contribution in [2.45, 2.75) is 6.10 Å². The Morgan fingerprint density at radius 2 is 2.41 bits per heavy atom. The first-order valence-corrected chi connectivity index (χ1v) is 7.73. The van der Waals surface area contributed by atoms with E-state index in [0.29, 0.717) is 40.2 Å². The fraction of sp³-hybridized carbons (Fsp3) is 0.286. The van der Waals surface area contributed by atoms with Crippen LogP contribution < -0.4 is 0 Å². The smallest absolute Gasteiger partial charge is 0.255 e. The maximum absolute atomic E-state index is 12.7. The summed E-state index contributed by atoms with van der Waals surface area (Å²) < 4.78 is 6.31. The molecule has 2 aromatic rings. The Kier molecular flexibility index (Phi) is 4.35. The lowest BCUT2D eigenvalue weighted by atomic mass is 10.1. The number of amides is 1. The van der Waals surface area contributed by atoms with Crippen molar-refractivity contribution >= 4 is 28.5 Å². The molecule has 1 saturated heterocycles. The van der Waals surface area contributed by atoms with Crippen molar-refractivity contribution < 1.29 is 9.53 Å². The van der Waals surface area contributed by atoms with Crippen LogP contribution in [-0.2, 0) is 4.74 Å². The van der Waals surface area contributed by atoms with E-state index in [1.54, 1.807) is 23.1 Å². The molecule has 1 fully saturated rings. The summed E-state index contributed by atoms with van der Waals surface area (Å²) in [5.41, 5.74) is 1.05. The zero-order valence-electron chi connectivity index (χ0n) is 11.5. The van der Waals surface area contributed by atoms with Crippen LogP contribution in [0.2, 0.25) is 0 Å². The molecule has 1 amide bonds. The number of carbonyl (C=O) groups is 1. The van der Waals surface area contributed by atoms with Gasteiger partial charge in [-0.25, -0.2) is 4.98 Å². The monoisotopic (exact) mass is 409 g/mol. The molecule has 1 aliphatic rings. The topological polar surface area (TPSA) is 94.9 Å². The Balaban J connectivity index is 1.82. The average Bonchev–Trinajstić information content (AvgIpc) is 3.09. The molecule has 1 aliphatic heterocycles. The highest BCUT2D eigenvalue weighted by atomic mass is 127. The van der Waals surface area contributed by atoms with Gasteiger partial charge < -0.3 is 9.64 Å². The van der Waals surface area contributed by atoms with Crippen molar-refractivity contribution in [2.24, 2.45) is 0 Å². The van der Waals surface area contributed by atoms with E-state index in [2.05, 4.69) is 21.3 Å². The zero-order chi connectivity index (χ0) is 15.5. The molecule has 0 aliphatic carbocycles. The predicted molar refractivity (Wildman–Crippen MR) is 84.9 cm³/mol. The number of carbonyl (C=O) groups excluding carboxylic acids is 1. The molecule has 8 heteroatoms. The van der Waals surface area contributed by atoms with Gasteiger partial charge in [0.1, 0.15) is 18.5 Å². The Hall–Kier alpha value is -1.99. The molecule has 0 bridgehead atoms. The molecule has 0 saturated carbocycles. The number of benzene rings is 1. The number of H-pyrrole nitrogens is 1. The SMILES string of the molecule is N#Cc1cccc(C(=O)N2CCOC(c3ncn[nH]3)C2)c1I. The Bertz CT molecular complexity index is 725. The highest BCUT2D eigenvalue weighted by Gasteiger charge is 2.28. The van der Waals surface area contributed by atoms with E-state index in [1.807, 2.05) is 22.6 Å². The number of aromatic amines is 1. The van der Waals surface area contributed by atoms with Crippen LogP contribution in [0.5, 0.6) is 0 Å². The van der Waals surface area contributed by atoms with E-state index in [4.69, 9.17) is 10.00 Å². The number of hydrogen-bond donors (Lipinski definition) is 1. The molecule has 1 N–H and O–H groups in total. The highest BCUT2D eigenvalue weighted by molar-refractivity contribution is 14.1. The maximum Gasteiger partial charge on any atom is 0.255 e. The second-order valence-corrected chi connectivity index (χ2v) is 5.84. The molecule has 112 valence electrons. The zero-order valence-corrected chi connectivity index (χ0v) is 13.6. The van der Waals surface area contributed by atoms with Crippen LogP contribution in [0.4, 0.5) is 0 Å². The van der Waals surface area contributed by atoms with Gasteiger partial charge in [-0.1, -0.05) is 6.07 Å². The number of ether oxygens (including phenoxy) is 1. The molecule has 1 aromatic carbocycles. The van der Waals surface area contributed by atoms with Gasteiger partial charge in [0.2, 0.25) is 0 Å². The van der Waals surface area contributed by atoms with Gasteiger partial charge in [-0.2, -0.15) is 10.4 Å². The summed E-state index contributed by atoms with van der Waals surface area (Å²) in [7, 11) is 0. The number of rotatable bonds is 2. The van der Waals surface area contributed by atoms with Crippen LogP contribution in [0.3, 0.4) is 0 Å². The summed E-state index contributed by atoms with van der Waals surface area (Å²) in [6.45, 7) is 1.35. The lowest BCUT2D eigenvalue weighted by molar-refractivity contribution is -0.0266. The van der Waals surface area contributed by atoms with Crippen molar-refractivity contribution in [3.05, 3.63) is 45.0 Å². The summed E-state index contributed by atoms with van der Waals surface area (Å²) in [6.07, 6.45) is 1.11. The van der Waals surface area contributed by atoms with Gasteiger partial charge in [0.05, 0.1) is 24.3 Å². The minimum Gasteiger partial charge on any atom is -0.367 e. The normalized spacial score (nSPS) is 18.0. The van der Waals surface area contributed by atoms with Crippen LogP contribution in [0.25, 0.3) is 0 Å². The van der Waals surface area contributed by atoms with Crippen LogP contribution in [-0.4, -0.2) is 45.7 Å². The molecule has 22 heavy (non-hydrogen) atoms. The summed E-state index contributed by atoms with van der Waals surface area (Å²) in [5.74, 6) is 0.507. The molecule has 1 atom stereocenters. The third-order valence-corrected chi connectivity index (χ3v) is 4.60. The third-order valence-electron chi connectivity index (χ3n) is 3.44. The highest BCUT2D eigenvalue weighted by Crippen LogP contribution is 2.23. The van der Waals surface area contributed by atoms with Gasteiger partial charge in [-0.15, -0.1) is 0 Å². The predicted octanol–water partition coefficient (Wildman–Crippen LogP) is 1.49. The number of nitriles is 1. The van der Waals surface area contributed by atoms with E-state index < -0.39 is 0 Å². The average molecular weight is 409 g/mol. The fourth-order valence-corrected chi connectivity index (χ4v) is 3.03. The van der Waals surface area contributed by atoms with Gasteiger partial charge >= 0.3 is 0 Å². The number of aromatic nitrogens is 3. The molecule has 0 radical (unpaired) electrons. The minimum absolute atomic E-state index is 0.102. The summed E-state index contributed by atoms with van der Waals surface area (Å²) in [6, 6.07) is 7.27. The van der Waals surface area contributed by atoms with Crippen LogP contribution in [0, 0.1) is 14.9 Å². The Labute approximate surface area is 140 Å². The standard InChI is InChI=1S/C14H12IN5O2/c15-12-9(6-16)2-1-3-10(12)14(21)20-4-5-22-11(7-20)13-17-8-18-19-13/h1-3,8,11H,4-5,7H2,(H,17,18,19). The largest absolute Gasteiger partial charge is 0.367 e. The van der Waals surface area contributed by atoms with E-state index in [1.165, 1.54) is 6.33 Å². The van der Waals surface area contributed by atoms with Crippen LogP contribution in [0.1, 0.15) is 27.8 Å². The molecule has 3 rings (SSSR count). The van der Waals surface area contributed by atoms with Crippen molar-refractivity contribution in [1.29, 1.82) is 5.26 Å². The first kappa shape index (κ1) is 14.9. The van der Waals surface area contributed by atoms with Gasteiger partial charge in [0.25, 0.3) is 5.91 Å². The lowest BCUT2D eigenvalue weighted by Crippen LogP contribution is -2.42. The van der Waals surface area contributed by atoms with Crippen LogP contribution >= 0.6 is 22.6 Å². The summed E-state index contributed by atoms with van der Waals surface area (Å²) in [4.78, 5) is 18.5. The lowest BCUT2D eigenvalue weighted by Gasteiger charge is -2.32. The van der Waals surface area contributed by atoms with Gasteiger partial charge in [-0.05, 0) is 34.7 Å². The number of hydrogen-bond acceptors (Lipinski definition) is 5. The summed E-state index contributed by atoms with van der Waals surface area (Å²) >= 11 is 2.04. The molecule has 1 unspecified atom stereocenters. The van der Waals surface area contributed by atoms with Crippen LogP contribution in [0.15, 0.2) is 24.5 Å². The van der Waals surface area contributed by atoms with E-state index >= 15 is 0 Å². The third kappa shape index (κ3) is 2.82. The molecule has 0 spiro atoms. The second kappa shape index (κ2) is 6.41. The number of halogens is 1. The first-order chi connectivity index (χ1) is 10.7. The second-order valence-electron chi connectivity index (χ2n) is 4.76. The molecule has 7 nitrogen and oxygen atoms in total. The Morgan fingerprint density at radius 3 is 3.14 bits per heavy atom. The number of nitrogens with zero attached hydrogens (tertiary/aromatic N) is 4. The van der Waals surface area contributed by atoms with E-state index in [9.17, 15) is 4.79 Å². The first-order valence-electron chi connectivity index (χ1n) is 6.65. The maximum atomic E-state index is 12.7. The van der Waals surface area contributed by atoms with Crippen molar-refractivity contribution in [3.8, 4) is 6.07 Å². The van der Waals surface area contributed by atoms with Gasteiger partial charge in [0, 0.05) is 10.1 Å². The summed E-state index contributed by atoms with van der Waals surface area (Å²) in [5, 5.41) is 15.7.